The Morgan fingerprint density at radius 1 is 1.50 bits per heavy atom. The minimum absolute atomic E-state index is 0.117. The maximum atomic E-state index is 11.9. The van der Waals surface area contributed by atoms with Crippen LogP contribution in [0.4, 0.5) is 5.69 Å². The lowest BCUT2D eigenvalue weighted by molar-refractivity contribution is 0.562. The molecule has 0 amide bonds. The van der Waals surface area contributed by atoms with Crippen molar-refractivity contribution in [2.75, 3.05) is 5.73 Å². The minimum Gasteiger partial charge on any atom is -0.398 e. The van der Waals surface area contributed by atoms with E-state index in [1.807, 2.05) is 0 Å². The highest BCUT2D eigenvalue weighted by Crippen LogP contribution is 2.17. The van der Waals surface area contributed by atoms with Crippen LogP contribution in [0.25, 0.3) is 0 Å². The monoisotopic (exact) mass is 240 g/mol. The lowest BCUT2D eigenvalue weighted by atomic mass is 10.3. The first-order valence-electron chi connectivity index (χ1n) is 4.95. The molecule has 0 heterocycles. The van der Waals surface area contributed by atoms with E-state index in [1.54, 1.807) is 31.2 Å². The molecule has 0 saturated carbocycles. The fraction of sp³-hybridized carbons (Fsp3) is 0.273. The molecule has 88 valence electrons. The highest BCUT2D eigenvalue weighted by molar-refractivity contribution is 7.89. The van der Waals surface area contributed by atoms with Gasteiger partial charge < -0.3 is 5.73 Å². The molecule has 1 aromatic carbocycles. The van der Waals surface area contributed by atoms with Gasteiger partial charge in [0.05, 0.1) is 5.69 Å². The fourth-order valence-corrected chi connectivity index (χ4v) is 2.74. The molecule has 0 aliphatic carbocycles. The van der Waals surface area contributed by atoms with Crippen LogP contribution in [-0.2, 0) is 10.0 Å². The molecule has 16 heavy (non-hydrogen) atoms. The lowest BCUT2D eigenvalue weighted by Gasteiger charge is -2.13. The first-order chi connectivity index (χ1) is 7.47. The molecule has 5 heteroatoms. The second-order valence-corrected chi connectivity index (χ2v) is 5.27. The van der Waals surface area contributed by atoms with Crippen LogP contribution < -0.4 is 10.5 Å². The number of benzene rings is 1. The molecule has 1 unspecified atom stereocenters. The summed E-state index contributed by atoms with van der Waals surface area (Å²) in [7, 11) is -3.54. The van der Waals surface area contributed by atoms with Crippen LogP contribution in [0.5, 0.6) is 0 Å². The smallest absolute Gasteiger partial charge is 0.242 e. The zero-order valence-electron chi connectivity index (χ0n) is 9.18. The third-order valence-electron chi connectivity index (χ3n) is 2.09. The summed E-state index contributed by atoms with van der Waals surface area (Å²) in [4.78, 5) is 0.117. The second-order valence-electron chi connectivity index (χ2n) is 3.58. The summed E-state index contributed by atoms with van der Waals surface area (Å²) in [6.45, 7) is 5.34. The summed E-state index contributed by atoms with van der Waals surface area (Å²) >= 11 is 0. The van der Waals surface area contributed by atoms with Crippen LogP contribution >= 0.6 is 0 Å². The van der Waals surface area contributed by atoms with Crippen LogP contribution in [0.3, 0.4) is 0 Å². The summed E-state index contributed by atoms with van der Waals surface area (Å²) in [6.07, 6.45) is 2.24. The van der Waals surface area contributed by atoms with Crippen molar-refractivity contribution in [1.82, 2.24) is 4.72 Å². The Morgan fingerprint density at radius 3 is 2.69 bits per heavy atom. The molecule has 3 N–H and O–H groups in total. The first-order valence-corrected chi connectivity index (χ1v) is 6.43. The standard InChI is InChI=1S/C11H16N2O2S/c1-3-6-9(2)13-16(14,15)11-8-5-4-7-10(11)12/h3-5,7-9,13H,1,6,12H2,2H3. The summed E-state index contributed by atoms with van der Waals surface area (Å²) in [5, 5.41) is 0. The van der Waals surface area contributed by atoms with Crippen LogP contribution in [0.2, 0.25) is 0 Å². The van der Waals surface area contributed by atoms with Crippen LogP contribution in [0.15, 0.2) is 41.8 Å². The second kappa shape index (κ2) is 5.14. The van der Waals surface area contributed by atoms with Crippen molar-refractivity contribution in [3.05, 3.63) is 36.9 Å². The van der Waals surface area contributed by atoms with Gasteiger partial charge in [0.15, 0.2) is 0 Å². The van der Waals surface area contributed by atoms with E-state index in [1.165, 1.54) is 6.07 Å². The van der Waals surface area contributed by atoms with E-state index in [4.69, 9.17) is 5.73 Å². The number of rotatable bonds is 5. The van der Waals surface area contributed by atoms with Crippen LogP contribution in [0, 0.1) is 0 Å². The Bertz CT molecular complexity index is 469. The van der Waals surface area contributed by atoms with Crippen molar-refractivity contribution in [3.8, 4) is 0 Å². The van der Waals surface area contributed by atoms with Crippen molar-refractivity contribution in [3.63, 3.8) is 0 Å². The quantitative estimate of drug-likeness (QED) is 0.605. The average Bonchev–Trinajstić information content (AvgIpc) is 2.17. The first kappa shape index (κ1) is 12.7. The van der Waals surface area contributed by atoms with Gasteiger partial charge in [0.1, 0.15) is 4.90 Å². The van der Waals surface area contributed by atoms with Crippen molar-refractivity contribution in [2.45, 2.75) is 24.3 Å². The lowest BCUT2D eigenvalue weighted by Crippen LogP contribution is -2.32. The van der Waals surface area contributed by atoms with Gasteiger partial charge in [-0.05, 0) is 25.5 Å². The van der Waals surface area contributed by atoms with Gasteiger partial charge in [-0.25, -0.2) is 13.1 Å². The average molecular weight is 240 g/mol. The molecule has 0 aliphatic heterocycles. The van der Waals surface area contributed by atoms with E-state index in [9.17, 15) is 8.42 Å². The van der Waals surface area contributed by atoms with Gasteiger partial charge in [-0.1, -0.05) is 18.2 Å². The highest BCUT2D eigenvalue weighted by Gasteiger charge is 2.18. The zero-order chi connectivity index (χ0) is 12.2. The van der Waals surface area contributed by atoms with Crippen molar-refractivity contribution < 1.29 is 8.42 Å². The number of nitrogens with one attached hydrogen (secondary N) is 1. The van der Waals surface area contributed by atoms with Gasteiger partial charge in [-0.15, -0.1) is 6.58 Å². The van der Waals surface area contributed by atoms with E-state index in [-0.39, 0.29) is 16.6 Å². The zero-order valence-corrected chi connectivity index (χ0v) is 10.00. The predicted molar refractivity (Wildman–Crippen MR) is 65.5 cm³/mol. The van der Waals surface area contributed by atoms with Crippen molar-refractivity contribution in [2.24, 2.45) is 0 Å². The normalized spacial score (nSPS) is 13.3. The molecule has 0 fully saturated rings. The van der Waals surface area contributed by atoms with Crippen LogP contribution in [-0.4, -0.2) is 14.5 Å². The molecule has 1 atom stereocenters. The van der Waals surface area contributed by atoms with Gasteiger partial charge in [-0.3, -0.25) is 0 Å². The Kier molecular flexibility index (Phi) is 4.09. The van der Waals surface area contributed by atoms with Crippen molar-refractivity contribution >= 4 is 15.7 Å². The largest absolute Gasteiger partial charge is 0.398 e. The Balaban J connectivity index is 2.95. The molecule has 0 aromatic heterocycles. The third kappa shape index (κ3) is 3.08. The van der Waals surface area contributed by atoms with E-state index < -0.39 is 10.0 Å². The fourth-order valence-electron chi connectivity index (χ4n) is 1.35. The van der Waals surface area contributed by atoms with E-state index in [0.29, 0.717) is 6.42 Å². The highest BCUT2D eigenvalue weighted by atomic mass is 32.2. The van der Waals surface area contributed by atoms with Gasteiger partial charge in [0, 0.05) is 6.04 Å². The van der Waals surface area contributed by atoms with Gasteiger partial charge in [-0.2, -0.15) is 0 Å². The van der Waals surface area contributed by atoms with Gasteiger partial charge in [0.25, 0.3) is 0 Å². The molecule has 0 bridgehead atoms. The number of hydrogen-bond acceptors (Lipinski definition) is 3. The predicted octanol–water partition coefficient (Wildman–Crippen LogP) is 1.51. The van der Waals surface area contributed by atoms with E-state index in [2.05, 4.69) is 11.3 Å². The molecule has 0 aliphatic rings. The van der Waals surface area contributed by atoms with E-state index in [0.717, 1.165) is 0 Å². The number of nitrogen functional groups attached to an aromatic ring is 1. The number of anilines is 1. The molecule has 4 nitrogen and oxygen atoms in total. The number of sulfonamides is 1. The topological polar surface area (TPSA) is 72.2 Å². The maximum absolute atomic E-state index is 11.9. The molecular weight excluding hydrogens is 224 g/mol. The Labute approximate surface area is 96.2 Å². The summed E-state index contributed by atoms with van der Waals surface area (Å²) in [6, 6.07) is 6.19. The third-order valence-corrected chi connectivity index (χ3v) is 3.75. The van der Waals surface area contributed by atoms with Gasteiger partial charge >= 0.3 is 0 Å². The molecule has 0 spiro atoms. The number of nitrogens with two attached hydrogens (primary N) is 1. The maximum Gasteiger partial charge on any atom is 0.242 e. The number of hydrogen-bond donors (Lipinski definition) is 2. The van der Waals surface area contributed by atoms with Gasteiger partial charge in [0.2, 0.25) is 10.0 Å². The molecular formula is C11H16N2O2S. The molecule has 0 saturated heterocycles. The SMILES string of the molecule is C=CCC(C)NS(=O)(=O)c1ccccc1N. The molecule has 0 radical (unpaired) electrons. The minimum atomic E-state index is -3.54. The molecule has 1 aromatic rings. The van der Waals surface area contributed by atoms with Crippen molar-refractivity contribution in [1.29, 1.82) is 0 Å². The summed E-state index contributed by atoms with van der Waals surface area (Å²) in [5.41, 5.74) is 5.87. The Morgan fingerprint density at radius 2 is 2.12 bits per heavy atom. The Hall–Kier alpha value is -1.33. The number of para-hydroxylation sites is 1. The van der Waals surface area contributed by atoms with Crippen LogP contribution in [0.1, 0.15) is 13.3 Å². The molecule has 1 rings (SSSR count). The van der Waals surface area contributed by atoms with E-state index >= 15 is 0 Å². The summed E-state index contributed by atoms with van der Waals surface area (Å²) in [5.74, 6) is 0. The summed E-state index contributed by atoms with van der Waals surface area (Å²) < 4.78 is 26.4.